The maximum atomic E-state index is 11.8. The van der Waals surface area contributed by atoms with E-state index in [2.05, 4.69) is 25.6 Å². The number of halogens is 1. The fourth-order valence-electron chi connectivity index (χ4n) is 3.49. The minimum absolute atomic E-state index is 0.0432. The number of hydrogen-bond donors (Lipinski definition) is 2. The second-order valence-electron chi connectivity index (χ2n) is 8.20. The Morgan fingerprint density at radius 1 is 1.11 bits per heavy atom. The predicted molar refractivity (Wildman–Crippen MR) is 145 cm³/mol. The minimum atomic E-state index is -1.20. The first kappa shape index (κ1) is 26.5. The molecule has 4 aromatic rings. The molecular weight excluding hydrogens is 514 g/mol. The average Bonchev–Trinajstić information content (AvgIpc) is 2.87. The van der Waals surface area contributed by atoms with Crippen LogP contribution in [-0.4, -0.2) is 50.1 Å². The monoisotopic (exact) mass is 539 g/mol. The highest BCUT2D eigenvalue weighted by Gasteiger charge is 2.15. The molecule has 37 heavy (non-hydrogen) atoms. The van der Waals surface area contributed by atoms with Gasteiger partial charge in [-0.25, -0.2) is 9.97 Å². The van der Waals surface area contributed by atoms with Gasteiger partial charge in [-0.3, -0.25) is 9.78 Å². The summed E-state index contributed by atoms with van der Waals surface area (Å²) >= 11 is 5.27. The number of amides is 1. The molecule has 0 saturated heterocycles. The lowest BCUT2D eigenvalue weighted by Crippen LogP contribution is -2.36. The fourth-order valence-corrected chi connectivity index (χ4v) is 4.20. The molecular formula is C26H26ClN5O4S. The maximum absolute atomic E-state index is 11.8. The summed E-state index contributed by atoms with van der Waals surface area (Å²) in [5, 5.41) is 7.14. The topological polar surface area (TPSA) is 121 Å². The lowest BCUT2D eigenvalue weighted by atomic mass is 10.2. The van der Waals surface area contributed by atoms with E-state index >= 15 is 0 Å². The van der Waals surface area contributed by atoms with E-state index in [-0.39, 0.29) is 24.3 Å². The number of nitrogens with zero attached hydrogens (tertiary/aromatic N) is 3. The van der Waals surface area contributed by atoms with Crippen molar-refractivity contribution in [2.75, 3.05) is 23.9 Å². The van der Waals surface area contributed by atoms with Crippen LogP contribution >= 0.6 is 11.6 Å². The van der Waals surface area contributed by atoms with Crippen molar-refractivity contribution in [1.82, 2.24) is 20.3 Å². The second kappa shape index (κ2) is 12.6. The highest BCUT2D eigenvalue weighted by atomic mass is 35.5. The lowest BCUT2D eigenvalue weighted by molar-refractivity contribution is -0.118. The van der Waals surface area contributed by atoms with Gasteiger partial charge in [0.2, 0.25) is 0 Å². The van der Waals surface area contributed by atoms with Crippen LogP contribution in [0.15, 0.2) is 67.1 Å². The van der Waals surface area contributed by atoms with Crippen LogP contribution in [0.1, 0.15) is 12.6 Å². The van der Waals surface area contributed by atoms with Crippen molar-refractivity contribution in [3.63, 3.8) is 0 Å². The summed E-state index contributed by atoms with van der Waals surface area (Å²) in [5.41, 5.74) is 2.20. The number of hydrogen-bond acceptors (Lipinski definition) is 8. The molecule has 2 N–H and O–H groups in total. The molecule has 0 fully saturated rings. The number of aromatic nitrogens is 3. The summed E-state index contributed by atoms with van der Waals surface area (Å²) in [6, 6.07) is 16.5. The molecule has 1 unspecified atom stereocenters. The highest BCUT2D eigenvalue weighted by Crippen LogP contribution is 2.34. The number of ether oxygens (including phenoxy) is 2. The summed E-state index contributed by atoms with van der Waals surface area (Å²) in [4.78, 5) is 24.9. The summed E-state index contributed by atoms with van der Waals surface area (Å²) in [6.45, 7) is 2.40. The first-order valence-corrected chi connectivity index (χ1v) is 13.6. The van der Waals surface area contributed by atoms with E-state index in [0.717, 1.165) is 5.69 Å². The third-order valence-corrected chi connectivity index (χ3v) is 6.13. The van der Waals surface area contributed by atoms with Crippen molar-refractivity contribution in [3.05, 3.63) is 77.8 Å². The van der Waals surface area contributed by atoms with E-state index < -0.39 is 11.2 Å². The Labute approximate surface area is 222 Å². The zero-order valence-corrected chi connectivity index (χ0v) is 21.9. The van der Waals surface area contributed by atoms with Gasteiger partial charge < -0.3 is 24.7 Å². The smallest absolute Gasteiger partial charge is 0.270 e. The van der Waals surface area contributed by atoms with Crippen LogP contribution in [0.2, 0.25) is 5.02 Å². The standard InChI is InChI=1S/C26H26ClN5O4S/c1-17(13-29-24(33)15-37(2)34)36-23-8-5-7-21-25(23)26(31-16-30-21)32-18-9-10-22(20(27)12-18)35-14-19-6-3-4-11-28-19/h3-12,16-17H,13-15H2,1-2H3,(H,29,33)(H,30,31,32)/t17-,37?/m0/s1. The Balaban J connectivity index is 1.48. The second-order valence-corrected chi connectivity index (χ2v) is 10.0. The van der Waals surface area contributed by atoms with Gasteiger partial charge in [0, 0.05) is 11.9 Å². The van der Waals surface area contributed by atoms with E-state index in [4.69, 9.17) is 21.1 Å². The van der Waals surface area contributed by atoms with Crippen LogP contribution in [0, 0.1) is 0 Å². The molecule has 9 nitrogen and oxygen atoms in total. The molecule has 0 bridgehead atoms. The van der Waals surface area contributed by atoms with E-state index in [0.29, 0.717) is 45.5 Å². The molecule has 0 spiro atoms. The largest absolute Gasteiger partial charge is 0.616 e. The average molecular weight is 540 g/mol. The molecule has 2 atom stereocenters. The summed E-state index contributed by atoms with van der Waals surface area (Å²) in [7, 11) is 0. The van der Waals surface area contributed by atoms with Gasteiger partial charge in [0.15, 0.2) is 5.75 Å². The SMILES string of the molecule is C[C@@H](CNC(=O)C[S+](C)[O-])Oc1cccc2ncnc(Nc3ccc(OCc4ccccn4)c(Cl)c3)c12. The number of benzene rings is 2. The van der Waals surface area contributed by atoms with Crippen molar-refractivity contribution >= 4 is 51.1 Å². The van der Waals surface area contributed by atoms with Gasteiger partial charge >= 0.3 is 0 Å². The molecule has 0 aliphatic carbocycles. The Bertz CT molecular complexity index is 1350. The normalized spacial score (nSPS) is 12.5. The molecule has 2 aromatic heterocycles. The summed E-state index contributed by atoms with van der Waals surface area (Å²) < 4.78 is 23.2. The third-order valence-electron chi connectivity index (χ3n) is 5.17. The van der Waals surface area contributed by atoms with Crippen LogP contribution in [0.4, 0.5) is 11.5 Å². The van der Waals surface area contributed by atoms with Gasteiger partial charge in [0.25, 0.3) is 5.91 Å². The first-order valence-electron chi connectivity index (χ1n) is 11.5. The Kier molecular flexibility index (Phi) is 8.99. The number of carbonyl (C=O) groups excluding carboxylic acids is 1. The Morgan fingerprint density at radius 2 is 1.97 bits per heavy atom. The van der Waals surface area contributed by atoms with E-state index in [1.165, 1.54) is 12.6 Å². The van der Waals surface area contributed by atoms with E-state index in [1.807, 2.05) is 49.4 Å². The quantitative estimate of drug-likeness (QED) is 0.271. The number of anilines is 2. The van der Waals surface area contributed by atoms with Crippen LogP contribution in [0.3, 0.4) is 0 Å². The molecule has 0 aliphatic rings. The molecule has 2 heterocycles. The van der Waals surface area contributed by atoms with Crippen LogP contribution < -0.4 is 20.1 Å². The molecule has 2 aromatic carbocycles. The number of rotatable bonds is 11. The zero-order chi connectivity index (χ0) is 26.2. The van der Waals surface area contributed by atoms with Gasteiger partial charge in [-0.15, -0.1) is 0 Å². The highest BCUT2D eigenvalue weighted by molar-refractivity contribution is 7.91. The zero-order valence-electron chi connectivity index (χ0n) is 20.3. The van der Waals surface area contributed by atoms with Gasteiger partial charge in [0.1, 0.15) is 36.4 Å². The fraction of sp³-hybridized carbons (Fsp3) is 0.231. The molecule has 4 rings (SSSR count). The van der Waals surface area contributed by atoms with Crippen molar-refractivity contribution in [2.45, 2.75) is 19.6 Å². The van der Waals surface area contributed by atoms with Crippen LogP contribution in [-0.2, 0) is 22.6 Å². The minimum Gasteiger partial charge on any atom is -0.616 e. The maximum Gasteiger partial charge on any atom is 0.270 e. The molecule has 192 valence electrons. The van der Waals surface area contributed by atoms with Crippen molar-refractivity contribution in [2.24, 2.45) is 0 Å². The van der Waals surface area contributed by atoms with Crippen molar-refractivity contribution < 1.29 is 18.8 Å². The lowest BCUT2D eigenvalue weighted by Gasteiger charge is -2.18. The molecule has 0 radical (unpaired) electrons. The van der Waals surface area contributed by atoms with Gasteiger partial charge in [-0.1, -0.05) is 23.7 Å². The number of carbonyl (C=O) groups is 1. The summed E-state index contributed by atoms with van der Waals surface area (Å²) in [6.07, 6.45) is 4.32. The Hall–Kier alpha value is -3.60. The van der Waals surface area contributed by atoms with Gasteiger partial charge in [-0.2, -0.15) is 0 Å². The van der Waals surface area contributed by atoms with E-state index in [9.17, 15) is 9.35 Å². The Morgan fingerprint density at radius 3 is 2.73 bits per heavy atom. The van der Waals surface area contributed by atoms with Crippen molar-refractivity contribution in [3.8, 4) is 11.5 Å². The number of pyridine rings is 1. The third kappa shape index (κ3) is 7.45. The summed E-state index contributed by atoms with van der Waals surface area (Å²) in [5.74, 6) is 1.30. The molecule has 1 amide bonds. The number of fused-ring (bicyclic) bond motifs is 1. The van der Waals surface area contributed by atoms with Crippen molar-refractivity contribution in [1.29, 1.82) is 0 Å². The van der Waals surface area contributed by atoms with Crippen LogP contribution in [0.5, 0.6) is 11.5 Å². The molecule has 0 aliphatic heterocycles. The number of nitrogens with one attached hydrogen (secondary N) is 2. The predicted octanol–water partition coefficient (Wildman–Crippen LogP) is 4.26. The first-order chi connectivity index (χ1) is 17.9. The van der Waals surface area contributed by atoms with Gasteiger partial charge in [-0.05, 0) is 60.6 Å². The van der Waals surface area contributed by atoms with Crippen LogP contribution in [0.25, 0.3) is 10.9 Å². The molecule has 0 saturated carbocycles. The van der Waals surface area contributed by atoms with Gasteiger partial charge in [0.05, 0.1) is 34.4 Å². The van der Waals surface area contributed by atoms with E-state index in [1.54, 1.807) is 18.3 Å². The molecule has 11 heteroatoms.